The SMILES string of the molecule is C[C@H]1CCN(C(=O)CN2CCN(CC(=O)N3CCCCC3)CC2)c2ccccc2S1. The molecular formula is C23H34N4O2S. The third-order valence-electron chi connectivity index (χ3n) is 6.44. The highest BCUT2D eigenvalue weighted by Crippen LogP contribution is 2.37. The number of para-hydroxylation sites is 1. The molecule has 3 aliphatic rings. The Hall–Kier alpha value is -1.57. The van der Waals surface area contributed by atoms with E-state index in [1.165, 1.54) is 11.3 Å². The smallest absolute Gasteiger partial charge is 0.241 e. The van der Waals surface area contributed by atoms with Crippen LogP contribution >= 0.6 is 11.8 Å². The van der Waals surface area contributed by atoms with Gasteiger partial charge in [-0.15, -0.1) is 11.8 Å². The van der Waals surface area contributed by atoms with E-state index >= 15 is 0 Å². The molecule has 0 unspecified atom stereocenters. The maximum Gasteiger partial charge on any atom is 0.241 e. The lowest BCUT2D eigenvalue weighted by Gasteiger charge is -2.36. The first-order chi connectivity index (χ1) is 14.6. The van der Waals surface area contributed by atoms with Crippen molar-refractivity contribution in [3.05, 3.63) is 24.3 Å². The van der Waals surface area contributed by atoms with Crippen molar-refractivity contribution in [2.45, 2.75) is 42.8 Å². The van der Waals surface area contributed by atoms with Gasteiger partial charge >= 0.3 is 0 Å². The topological polar surface area (TPSA) is 47.1 Å². The molecule has 1 aromatic rings. The number of hydrogen-bond acceptors (Lipinski definition) is 5. The predicted octanol–water partition coefficient (Wildman–Crippen LogP) is 2.53. The van der Waals surface area contributed by atoms with Crippen molar-refractivity contribution in [1.82, 2.24) is 14.7 Å². The van der Waals surface area contributed by atoms with Crippen molar-refractivity contribution >= 4 is 29.3 Å². The van der Waals surface area contributed by atoms with E-state index in [1.807, 2.05) is 27.6 Å². The number of likely N-dealkylation sites (tertiary alicyclic amines) is 1. The van der Waals surface area contributed by atoms with Crippen molar-refractivity contribution in [3.63, 3.8) is 0 Å². The number of thioether (sulfide) groups is 1. The Labute approximate surface area is 184 Å². The van der Waals surface area contributed by atoms with Gasteiger partial charge in [-0.1, -0.05) is 19.1 Å². The number of anilines is 1. The molecule has 30 heavy (non-hydrogen) atoms. The van der Waals surface area contributed by atoms with Crippen LogP contribution in [0.15, 0.2) is 29.2 Å². The van der Waals surface area contributed by atoms with Gasteiger partial charge in [0.05, 0.1) is 18.8 Å². The van der Waals surface area contributed by atoms with E-state index in [0.29, 0.717) is 18.3 Å². The minimum Gasteiger partial charge on any atom is -0.342 e. The molecule has 1 atom stereocenters. The molecule has 2 amide bonds. The average Bonchev–Trinajstić information content (AvgIpc) is 2.94. The molecule has 0 aromatic heterocycles. The summed E-state index contributed by atoms with van der Waals surface area (Å²) in [7, 11) is 0. The molecule has 0 bridgehead atoms. The minimum absolute atomic E-state index is 0.190. The Morgan fingerprint density at radius 3 is 2.20 bits per heavy atom. The third-order valence-corrected chi connectivity index (χ3v) is 7.67. The number of benzene rings is 1. The Kier molecular flexibility index (Phi) is 7.33. The van der Waals surface area contributed by atoms with Crippen LogP contribution in [-0.2, 0) is 9.59 Å². The quantitative estimate of drug-likeness (QED) is 0.735. The highest BCUT2D eigenvalue weighted by Gasteiger charge is 2.27. The first-order valence-electron chi connectivity index (χ1n) is 11.4. The number of amides is 2. The van der Waals surface area contributed by atoms with Crippen LogP contribution in [0.25, 0.3) is 0 Å². The lowest BCUT2D eigenvalue weighted by molar-refractivity contribution is -0.134. The number of nitrogens with zero attached hydrogens (tertiary/aromatic N) is 4. The van der Waals surface area contributed by atoms with E-state index in [1.54, 1.807) is 0 Å². The summed E-state index contributed by atoms with van der Waals surface area (Å²) in [6.07, 6.45) is 4.53. The Balaban J connectivity index is 1.28. The maximum absolute atomic E-state index is 13.2. The van der Waals surface area contributed by atoms with Gasteiger partial charge in [0.1, 0.15) is 0 Å². The molecule has 0 N–H and O–H groups in total. The molecule has 0 aliphatic carbocycles. The van der Waals surface area contributed by atoms with E-state index in [9.17, 15) is 9.59 Å². The van der Waals surface area contributed by atoms with E-state index in [0.717, 1.165) is 70.8 Å². The monoisotopic (exact) mass is 430 g/mol. The predicted molar refractivity (Wildman–Crippen MR) is 122 cm³/mol. The maximum atomic E-state index is 13.2. The van der Waals surface area contributed by atoms with Gasteiger partial charge in [0.15, 0.2) is 0 Å². The Morgan fingerprint density at radius 1 is 0.867 bits per heavy atom. The Morgan fingerprint density at radius 2 is 1.50 bits per heavy atom. The average molecular weight is 431 g/mol. The molecule has 7 heteroatoms. The molecule has 0 saturated carbocycles. The number of hydrogen-bond donors (Lipinski definition) is 0. The van der Waals surface area contributed by atoms with Crippen LogP contribution in [0.2, 0.25) is 0 Å². The first-order valence-corrected chi connectivity index (χ1v) is 12.3. The van der Waals surface area contributed by atoms with Crippen molar-refractivity contribution in [1.29, 1.82) is 0 Å². The second kappa shape index (κ2) is 10.2. The zero-order valence-electron chi connectivity index (χ0n) is 18.1. The third kappa shape index (κ3) is 5.37. The van der Waals surface area contributed by atoms with Crippen LogP contribution in [0.1, 0.15) is 32.6 Å². The van der Waals surface area contributed by atoms with Gasteiger partial charge in [-0.25, -0.2) is 0 Å². The van der Waals surface area contributed by atoms with Gasteiger partial charge in [0.25, 0.3) is 0 Å². The van der Waals surface area contributed by atoms with Crippen LogP contribution in [0.5, 0.6) is 0 Å². The summed E-state index contributed by atoms with van der Waals surface area (Å²) in [6, 6.07) is 8.27. The number of piperidine rings is 1. The summed E-state index contributed by atoms with van der Waals surface area (Å²) in [6.45, 7) is 9.25. The summed E-state index contributed by atoms with van der Waals surface area (Å²) < 4.78 is 0. The number of carbonyl (C=O) groups excluding carboxylic acids is 2. The molecule has 4 rings (SSSR count). The normalized spacial score (nSPS) is 23.7. The number of piperazine rings is 1. The standard InChI is InChI=1S/C23H34N4O2S/c1-19-9-12-27(20-7-3-4-8-21(20)30-19)23(29)18-25-15-13-24(14-16-25)17-22(28)26-10-5-2-6-11-26/h3-4,7-8,19H,2,5-6,9-18H2,1H3/t19-/m0/s1. The van der Waals surface area contributed by atoms with Crippen LogP contribution in [0.3, 0.4) is 0 Å². The van der Waals surface area contributed by atoms with Crippen molar-refractivity contribution in [2.75, 3.05) is 63.8 Å². The second-order valence-corrected chi connectivity index (χ2v) is 10.2. The number of carbonyl (C=O) groups is 2. The molecular weight excluding hydrogens is 396 g/mol. The molecule has 3 aliphatic heterocycles. The zero-order chi connectivity index (χ0) is 20.9. The van der Waals surface area contributed by atoms with Gasteiger partial charge in [0.2, 0.25) is 11.8 Å². The van der Waals surface area contributed by atoms with Gasteiger partial charge in [0, 0.05) is 56.0 Å². The van der Waals surface area contributed by atoms with Gasteiger partial charge in [-0.2, -0.15) is 0 Å². The van der Waals surface area contributed by atoms with Gasteiger partial charge < -0.3 is 9.80 Å². The van der Waals surface area contributed by atoms with E-state index in [2.05, 4.69) is 34.9 Å². The first kappa shape index (κ1) is 21.7. The largest absolute Gasteiger partial charge is 0.342 e. The van der Waals surface area contributed by atoms with Crippen molar-refractivity contribution < 1.29 is 9.59 Å². The highest BCUT2D eigenvalue weighted by atomic mass is 32.2. The van der Waals surface area contributed by atoms with Crippen LogP contribution in [-0.4, -0.2) is 90.7 Å². The lowest BCUT2D eigenvalue weighted by Crippen LogP contribution is -2.52. The molecule has 164 valence electrons. The van der Waals surface area contributed by atoms with Crippen LogP contribution in [0, 0.1) is 0 Å². The minimum atomic E-state index is 0.190. The number of fused-ring (bicyclic) bond motifs is 1. The number of rotatable bonds is 4. The van der Waals surface area contributed by atoms with Gasteiger partial charge in [-0.3, -0.25) is 19.4 Å². The molecule has 6 nitrogen and oxygen atoms in total. The summed E-state index contributed by atoms with van der Waals surface area (Å²) in [5.74, 6) is 0.460. The lowest BCUT2D eigenvalue weighted by atomic mass is 10.1. The van der Waals surface area contributed by atoms with Crippen molar-refractivity contribution in [3.8, 4) is 0 Å². The Bertz CT molecular complexity index is 744. The van der Waals surface area contributed by atoms with E-state index < -0.39 is 0 Å². The van der Waals surface area contributed by atoms with Gasteiger partial charge in [-0.05, 0) is 37.8 Å². The van der Waals surface area contributed by atoms with Crippen molar-refractivity contribution in [2.24, 2.45) is 0 Å². The molecule has 0 radical (unpaired) electrons. The second-order valence-electron chi connectivity index (χ2n) is 8.72. The van der Waals surface area contributed by atoms with Crippen LogP contribution < -0.4 is 4.90 Å². The molecule has 2 fully saturated rings. The fourth-order valence-electron chi connectivity index (χ4n) is 4.56. The molecule has 2 saturated heterocycles. The van der Waals surface area contributed by atoms with E-state index in [-0.39, 0.29) is 11.8 Å². The zero-order valence-corrected chi connectivity index (χ0v) is 18.9. The fraction of sp³-hybridized carbons (Fsp3) is 0.652. The summed E-state index contributed by atoms with van der Waals surface area (Å²) in [4.78, 5) is 35.4. The fourth-order valence-corrected chi connectivity index (χ4v) is 5.68. The summed E-state index contributed by atoms with van der Waals surface area (Å²) in [5.41, 5.74) is 1.06. The molecule has 0 spiro atoms. The van der Waals surface area contributed by atoms with Crippen LogP contribution in [0.4, 0.5) is 5.69 Å². The molecule has 1 aromatic carbocycles. The van der Waals surface area contributed by atoms with E-state index in [4.69, 9.17) is 0 Å². The summed E-state index contributed by atoms with van der Waals surface area (Å²) in [5, 5.41) is 0.518. The highest BCUT2D eigenvalue weighted by molar-refractivity contribution is 8.00. The molecule has 3 heterocycles. The summed E-state index contributed by atoms with van der Waals surface area (Å²) >= 11 is 1.87.